The van der Waals surface area contributed by atoms with Gasteiger partial charge in [-0.3, -0.25) is 4.79 Å². The SMILES string of the molecule is COc1ccc(CNC[C@H]2C(=O)O[C@@H]3C[C@]4(C)CCC=C(C)C4=C[C@H]32)cc1. The largest absolute Gasteiger partial charge is 0.497 e. The molecule has 0 amide bonds. The van der Waals surface area contributed by atoms with Crippen LogP contribution in [0.4, 0.5) is 0 Å². The lowest BCUT2D eigenvalue weighted by atomic mass is 9.62. The van der Waals surface area contributed by atoms with Crippen molar-refractivity contribution in [1.82, 2.24) is 5.32 Å². The van der Waals surface area contributed by atoms with Crippen molar-refractivity contribution < 1.29 is 14.3 Å². The minimum absolute atomic E-state index is 0.0323. The summed E-state index contributed by atoms with van der Waals surface area (Å²) in [4.78, 5) is 12.5. The number of hydrogen-bond donors (Lipinski definition) is 1. The third-order valence-corrected chi connectivity index (χ3v) is 6.55. The fourth-order valence-corrected chi connectivity index (χ4v) is 4.98. The molecule has 2 aliphatic carbocycles. The van der Waals surface area contributed by atoms with Crippen molar-refractivity contribution in [1.29, 1.82) is 0 Å². The zero-order valence-electron chi connectivity index (χ0n) is 16.5. The Morgan fingerprint density at radius 1 is 1.30 bits per heavy atom. The lowest BCUT2D eigenvalue weighted by molar-refractivity contribution is -0.145. The normalized spacial score (nSPS) is 32.1. The summed E-state index contributed by atoms with van der Waals surface area (Å²) >= 11 is 0. The van der Waals surface area contributed by atoms with Crippen LogP contribution in [0.15, 0.2) is 47.6 Å². The average Bonchev–Trinajstić information content (AvgIpc) is 2.95. The Hall–Kier alpha value is -2.07. The van der Waals surface area contributed by atoms with Crippen LogP contribution < -0.4 is 10.1 Å². The van der Waals surface area contributed by atoms with Crippen LogP contribution in [0.5, 0.6) is 5.75 Å². The highest BCUT2D eigenvalue weighted by Gasteiger charge is 2.50. The maximum Gasteiger partial charge on any atom is 0.311 e. The molecule has 0 spiro atoms. The number of benzene rings is 1. The molecule has 1 aliphatic heterocycles. The lowest BCUT2D eigenvalue weighted by Crippen LogP contribution is -2.38. The number of fused-ring (bicyclic) bond motifs is 2. The highest BCUT2D eigenvalue weighted by atomic mass is 16.6. The number of hydrogen-bond acceptors (Lipinski definition) is 4. The molecule has 1 heterocycles. The smallest absolute Gasteiger partial charge is 0.311 e. The first-order valence-corrected chi connectivity index (χ1v) is 9.94. The standard InChI is InChI=1S/C23H29NO3/c1-15-5-4-10-23(2)12-21-18(11-20(15)23)19(22(25)27-21)14-24-13-16-6-8-17(26-3)9-7-16/h5-9,11,18-19,21,24H,4,10,12-14H2,1-3H3/t18-,19+,21+,23-/m0/s1. The van der Waals surface area contributed by atoms with Gasteiger partial charge in [-0.2, -0.15) is 0 Å². The van der Waals surface area contributed by atoms with Crippen molar-refractivity contribution in [3.05, 3.63) is 53.1 Å². The number of esters is 1. The van der Waals surface area contributed by atoms with Crippen molar-refractivity contribution in [3.63, 3.8) is 0 Å². The predicted molar refractivity (Wildman–Crippen MR) is 105 cm³/mol. The summed E-state index contributed by atoms with van der Waals surface area (Å²) in [6.45, 7) is 5.92. The summed E-state index contributed by atoms with van der Waals surface area (Å²) in [5.74, 6) is 0.895. The minimum atomic E-state index is -0.0972. The number of carbonyl (C=O) groups is 1. The summed E-state index contributed by atoms with van der Waals surface area (Å²) in [5.41, 5.74) is 4.16. The van der Waals surface area contributed by atoms with Crippen molar-refractivity contribution in [2.24, 2.45) is 17.3 Å². The van der Waals surface area contributed by atoms with E-state index in [0.717, 1.165) is 31.6 Å². The van der Waals surface area contributed by atoms with E-state index in [-0.39, 0.29) is 29.3 Å². The average molecular weight is 367 g/mol. The number of carbonyl (C=O) groups excluding carboxylic acids is 1. The fraction of sp³-hybridized carbons (Fsp3) is 0.522. The molecule has 4 atom stereocenters. The van der Waals surface area contributed by atoms with Gasteiger partial charge in [0.25, 0.3) is 0 Å². The predicted octanol–water partition coefficient (Wildman–Crippen LogP) is 4.02. The Labute approximate surface area is 161 Å². The molecule has 1 N–H and O–H groups in total. The molecule has 0 aromatic heterocycles. The highest BCUT2D eigenvalue weighted by molar-refractivity contribution is 5.76. The summed E-state index contributed by atoms with van der Waals surface area (Å²) < 4.78 is 11.0. The van der Waals surface area contributed by atoms with Crippen LogP contribution in [0.25, 0.3) is 0 Å². The molecule has 144 valence electrons. The van der Waals surface area contributed by atoms with Crippen molar-refractivity contribution in [2.75, 3.05) is 13.7 Å². The van der Waals surface area contributed by atoms with Crippen LogP contribution >= 0.6 is 0 Å². The van der Waals surface area contributed by atoms with Gasteiger partial charge in [0.1, 0.15) is 11.9 Å². The monoisotopic (exact) mass is 367 g/mol. The molecular weight excluding hydrogens is 338 g/mol. The molecule has 1 aromatic rings. The first kappa shape index (κ1) is 18.3. The Balaban J connectivity index is 1.44. The molecule has 27 heavy (non-hydrogen) atoms. The lowest BCUT2D eigenvalue weighted by Gasteiger charge is -2.42. The van der Waals surface area contributed by atoms with Gasteiger partial charge < -0.3 is 14.8 Å². The zero-order chi connectivity index (χ0) is 19.0. The van der Waals surface area contributed by atoms with E-state index >= 15 is 0 Å². The van der Waals surface area contributed by atoms with Crippen LogP contribution in [0.3, 0.4) is 0 Å². The van der Waals surface area contributed by atoms with Gasteiger partial charge in [-0.25, -0.2) is 0 Å². The van der Waals surface area contributed by atoms with Gasteiger partial charge in [-0.15, -0.1) is 0 Å². The number of rotatable bonds is 5. The van der Waals surface area contributed by atoms with Gasteiger partial charge in [0.2, 0.25) is 0 Å². The molecule has 0 unspecified atom stereocenters. The van der Waals surface area contributed by atoms with Gasteiger partial charge in [-0.1, -0.05) is 36.8 Å². The molecule has 0 saturated carbocycles. The number of methoxy groups -OCH3 is 1. The van der Waals surface area contributed by atoms with E-state index in [1.54, 1.807) is 7.11 Å². The maximum absolute atomic E-state index is 12.5. The molecule has 3 aliphatic rings. The van der Waals surface area contributed by atoms with Crippen LogP contribution in [-0.4, -0.2) is 25.7 Å². The van der Waals surface area contributed by atoms with Crippen molar-refractivity contribution in [2.45, 2.75) is 45.8 Å². The molecular formula is C23H29NO3. The summed E-state index contributed by atoms with van der Waals surface area (Å²) in [6, 6.07) is 8.01. The Kier molecular flexibility index (Phi) is 4.85. The highest BCUT2D eigenvalue weighted by Crippen LogP contribution is 2.52. The van der Waals surface area contributed by atoms with Crippen LogP contribution in [-0.2, 0) is 16.1 Å². The number of allylic oxidation sites excluding steroid dienone is 3. The molecule has 0 radical (unpaired) electrons. The van der Waals surface area contributed by atoms with Gasteiger partial charge in [0.05, 0.1) is 13.0 Å². The number of nitrogens with one attached hydrogen (secondary N) is 1. The molecule has 1 fully saturated rings. The maximum atomic E-state index is 12.5. The van der Waals surface area contributed by atoms with Gasteiger partial charge >= 0.3 is 5.97 Å². The third-order valence-electron chi connectivity index (χ3n) is 6.55. The second-order valence-corrected chi connectivity index (χ2v) is 8.41. The van der Waals surface area contributed by atoms with E-state index in [1.165, 1.54) is 16.7 Å². The first-order valence-electron chi connectivity index (χ1n) is 9.94. The van der Waals surface area contributed by atoms with Gasteiger partial charge in [0.15, 0.2) is 0 Å². The van der Waals surface area contributed by atoms with E-state index in [2.05, 4.69) is 31.3 Å². The summed E-state index contributed by atoms with van der Waals surface area (Å²) in [5, 5.41) is 3.45. The van der Waals surface area contributed by atoms with Gasteiger partial charge in [0, 0.05) is 19.0 Å². The Morgan fingerprint density at radius 3 is 2.81 bits per heavy atom. The molecule has 4 heteroatoms. The third kappa shape index (κ3) is 3.43. The topological polar surface area (TPSA) is 47.6 Å². The van der Waals surface area contributed by atoms with Crippen LogP contribution in [0.1, 0.15) is 38.7 Å². The molecule has 1 saturated heterocycles. The number of ether oxygens (including phenoxy) is 2. The second-order valence-electron chi connectivity index (χ2n) is 8.41. The molecule has 4 nitrogen and oxygen atoms in total. The molecule has 0 bridgehead atoms. The fourth-order valence-electron chi connectivity index (χ4n) is 4.98. The van der Waals surface area contributed by atoms with E-state index in [9.17, 15) is 4.79 Å². The minimum Gasteiger partial charge on any atom is -0.497 e. The molecule has 1 aromatic carbocycles. The van der Waals surface area contributed by atoms with E-state index in [1.807, 2.05) is 24.3 Å². The van der Waals surface area contributed by atoms with E-state index in [0.29, 0.717) is 6.54 Å². The zero-order valence-corrected chi connectivity index (χ0v) is 16.5. The molecule has 4 rings (SSSR count). The quantitative estimate of drug-likeness (QED) is 0.799. The van der Waals surface area contributed by atoms with E-state index < -0.39 is 0 Å². The van der Waals surface area contributed by atoms with Crippen molar-refractivity contribution in [3.8, 4) is 5.75 Å². The summed E-state index contributed by atoms with van der Waals surface area (Å²) in [6.07, 6.45) is 7.95. The summed E-state index contributed by atoms with van der Waals surface area (Å²) in [7, 11) is 1.67. The second kappa shape index (κ2) is 7.16. The van der Waals surface area contributed by atoms with Crippen molar-refractivity contribution >= 4 is 5.97 Å². The first-order chi connectivity index (χ1) is 13.0. The van der Waals surface area contributed by atoms with Gasteiger partial charge in [-0.05, 0) is 54.9 Å². The van der Waals surface area contributed by atoms with Crippen LogP contribution in [0, 0.1) is 17.3 Å². The Morgan fingerprint density at radius 2 is 2.07 bits per heavy atom. The van der Waals surface area contributed by atoms with E-state index in [4.69, 9.17) is 9.47 Å². The Bertz CT molecular complexity index is 779. The van der Waals surface area contributed by atoms with Crippen LogP contribution in [0.2, 0.25) is 0 Å².